The summed E-state index contributed by atoms with van der Waals surface area (Å²) in [5.74, 6) is -0.448. The Morgan fingerprint density at radius 1 is 1.19 bits per heavy atom. The fourth-order valence-corrected chi connectivity index (χ4v) is 3.70. The average Bonchev–Trinajstić information content (AvgIpc) is 3.15. The number of nitrogens with one attached hydrogen (secondary N) is 1. The second kappa shape index (κ2) is 9.12. The number of hydrogen-bond donors (Lipinski definition) is 1. The molecule has 142 valence electrons. The fourth-order valence-electron chi connectivity index (χ4n) is 3.70. The molecule has 2 amide bonds. The molecular formula is C20H27FN2O3. The summed E-state index contributed by atoms with van der Waals surface area (Å²) < 4.78 is 19.0. The molecule has 0 unspecified atom stereocenters. The van der Waals surface area contributed by atoms with E-state index in [4.69, 9.17) is 4.74 Å². The maximum atomic E-state index is 13.3. The number of rotatable bonds is 5. The summed E-state index contributed by atoms with van der Waals surface area (Å²) in [5.41, 5.74) is 0.825. The monoisotopic (exact) mass is 362 g/mol. The maximum absolute atomic E-state index is 13.3. The molecule has 0 bridgehead atoms. The Morgan fingerprint density at radius 3 is 2.69 bits per heavy atom. The molecule has 0 aliphatic carbocycles. The van der Waals surface area contributed by atoms with E-state index in [9.17, 15) is 14.0 Å². The van der Waals surface area contributed by atoms with Gasteiger partial charge in [-0.1, -0.05) is 25.0 Å². The number of likely N-dealkylation sites (tertiary alicyclic amines) is 1. The lowest BCUT2D eigenvalue weighted by Gasteiger charge is -2.28. The van der Waals surface area contributed by atoms with Crippen LogP contribution in [-0.2, 0) is 14.3 Å². The summed E-state index contributed by atoms with van der Waals surface area (Å²) in [7, 11) is 0. The summed E-state index contributed by atoms with van der Waals surface area (Å²) in [6.45, 7) is 1.37. The quantitative estimate of drug-likeness (QED) is 0.876. The summed E-state index contributed by atoms with van der Waals surface area (Å²) in [6, 6.07) is 5.83. The summed E-state index contributed by atoms with van der Waals surface area (Å²) in [5, 5.41) is 3.02. The van der Waals surface area contributed by atoms with E-state index >= 15 is 0 Å². The molecule has 2 aliphatic heterocycles. The van der Waals surface area contributed by atoms with Crippen LogP contribution in [0.3, 0.4) is 0 Å². The summed E-state index contributed by atoms with van der Waals surface area (Å²) >= 11 is 0. The minimum Gasteiger partial charge on any atom is -0.376 e. The van der Waals surface area contributed by atoms with Crippen LogP contribution in [0, 0.1) is 5.82 Å². The standard InChI is InChI=1S/C20H27FN2O3/c21-16-10-8-15(9-11-16)20(17-6-5-13-26-17)22-18(24)14-23-12-4-2-1-3-7-19(23)25/h8-11,17,20H,1-7,12-14H2,(H,22,24)/t17-,20-/m0/s1. The number of amides is 2. The highest BCUT2D eigenvalue weighted by Crippen LogP contribution is 2.27. The number of ether oxygens (including phenoxy) is 1. The molecule has 26 heavy (non-hydrogen) atoms. The Balaban J connectivity index is 1.66. The predicted molar refractivity (Wildman–Crippen MR) is 95.9 cm³/mol. The lowest BCUT2D eigenvalue weighted by atomic mass is 9.99. The SMILES string of the molecule is O=C(CN1CCCCCCC1=O)N[C@@H](c1ccc(F)cc1)[C@@H]1CCCO1. The van der Waals surface area contributed by atoms with Crippen molar-refractivity contribution in [2.75, 3.05) is 19.7 Å². The number of halogens is 1. The highest BCUT2D eigenvalue weighted by molar-refractivity contribution is 5.85. The van der Waals surface area contributed by atoms with Crippen molar-refractivity contribution in [3.05, 3.63) is 35.6 Å². The Morgan fingerprint density at radius 2 is 1.96 bits per heavy atom. The normalized spacial score (nSPS) is 22.6. The van der Waals surface area contributed by atoms with Crippen molar-refractivity contribution >= 4 is 11.8 Å². The van der Waals surface area contributed by atoms with Gasteiger partial charge in [0.05, 0.1) is 18.7 Å². The number of carbonyl (C=O) groups is 2. The first-order valence-corrected chi connectivity index (χ1v) is 9.58. The number of hydrogen-bond acceptors (Lipinski definition) is 3. The molecule has 5 nitrogen and oxygen atoms in total. The van der Waals surface area contributed by atoms with Gasteiger partial charge in [-0.15, -0.1) is 0 Å². The van der Waals surface area contributed by atoms with E-state index in [-0.39, 0.29) is 36.3 Å². The maximum Gasteiger partial charge on any atom is 0.240 e. The van der Waals surface area contributed by atoms with E-state index in [2.05, 4.69) is 5.32 Å². The number of nitrogens with zero attached hydrogens (tertiary/aromatic N) is 1. The van der Waals surface area contributed by atoms with Crippen molar-refractivity contribution in [1.29, 1.82) is 0 Å². The van der Waals surface area contributed by atoms with Crippen molar-refractivity contribution in [2.45, 2.75) is 57.1 Å². The molecule has 2 atom stereocenters. The Labute approximate surface area is 153 Å². The van der Waals surface area contributed by atoms with Gasteiger partial charge in [-0.05, 0) is 43.4 Å². The molecule has 2 heterocycles. The lowest BCUT2D eigenvalue weighted by molar-refractivity contribution is -0.137. The van der Waals surface area contributed by atoms with E-state index in [1.807, 2.05) is 0 Å². The zero-order valence-corrected chi connectivity index (χ0v) is 15.1. The van der Waals surface area contributed by atoms with Crippen LogP contribution >= 0.6 is 0 Å². The van der Waals surface area contributed by atoms with Crippen LogP contribution in [0.5, 0.6) is 0 Å². The molecule has 0 aromatic heterocycles. The van der Waals surface area contributed by atoms with Crippen molar-refractivity contribution in [2.24, 2.45) is 0 Å². The van der Waals surface area contributed by atoms with Crippen LogP contribution in [0.2, 0.25) is 0 Å². The van der Waals surface area contributed by atoms with Gasteiger partial charge in [0, 0.05) is 19.6 Å². The first-order valence-electron chi connectivity index (χ1n) is 9.58. The summed E-state index contributed by atoms with van der Waals surface area (Å²) in [4.78, 5) is 26.5. The minimum atomic E-state index is -0.324. The van der Waals surface area contributed by atoms with Gasteiger partial charge in [0.1, 0.15) is 5.82 Å². The van der Waals surface area contributed by atoms with Gasteiger partial charge in [-0.25, -0.2) is 4.39 Å². The van der Waals surface area contributed by atoms with Crippen LogP contribution in [0.1, 0.15) is 56.6 Å². The van der Waals surface area contributed by atoms with E-state index in [1.54, 1.807) is 17.0 Å². The smallest absolute Gasteiger partial charge is 0.240 e. The molecule has 2 saturated heterocycles. The van der Waals surface area contributed by atoms with E-state index in [0.717, 1.165) is 44.1 Å². The average molecular weight is 362 g/mol. The van der Waals surface area contributed by atoms with Crippen molar-refractivity contribution < 1.29 is 18.7 Å². The number of carbonyl (C=O) groups excluding carboxylic acids is 2. The van der Waals surface area contributed by atoms with E-state index in [0.29, 0.717) is 19.6 Å². The van der Waals surface area contributed by atoms with Gasteiger partial charge in [-0.2, -0.15) is 0 Å². The highest BCUT2D eigenvalue weighted by Gasteiger charge is 2.29. The van der Waals surface area contributed by atoms with Crippen LogP contribution in [-0.4, -0.2) is 42.5 Å². The van der Waals surface area contributed by atoms with Crippen LogP contribution in [0.25, 0.3) is 0 Å². The van der Waals surface area contributed by atoms with Crippen LogP contribution < -0.4 is 5.32 Å². The van der Waals surface area contributed by atoms with Crippen LogP contribution in [0.4, 0.5) is 4.39 Å². The molecule has 2 fully saturated rings. The Kier molecular flexibility index (Phi) is 6.61. The lowest BCUT2D eigenvalue weighted by Crippen LogP contribution is -2.44. The largest absolute Gasteiger partial charge is 0.376 e. The van der Waals surface area contributed by atoms with Gasteiger partial charge >= 0.3 is 0 Å². The summed E-state index contributed by atoms with van der Waals surface area (Å²) in [6.07, 6.45) is 6.20. The molecule has 1 N–H and O–H groups in total. The first-order chi connectivity index (χ1) is 12.6. The van der Waals surface area contributed by atoms with Crippen molar-refractivity contribution in [3.8, 4) is 0 Å². The van der Waals surface area contributed by atoms with Crippen molar-refractivity contribution in [1.82, 2.24) is 10.2 Å². The molecule has 3 rings (SSSR count). The third-order valence-corrected chi connectivity index (χ3v) is 5.14. The molecule has 2 aliphatic rings. The molecule has 1 aromatic rings. The second-order valence-corrected chi connectivity index (χ2v) is 7.13. The third-order valence-electron chi connectivity index (χ3n) is 5.14. The van der Waals surface area contributed by atoms with Gasteiger partial charge < -0.3 is 15.0 Å². The second-order valence-electron chi connectivity index (χ2n) is 7.13. The van der Waals surface area contributed by atoms with Gasteiger partial charge in [0.25, 0.3) is 0 Å². The zero-order chi connectivity index (χ0) is 18.4. The molecule has 1 aromatic carbocycles. The Bertz CT molecular complexity index is 614. The van der Waals surface area contributed by atoms with E-state index in [1.165, 1.54) is 12.1 Å². The molecule has 0 spiro atoms. The number of benzene rings is 1. The Hall–Kier alpha value is -1.95. The molecular weight excluding hydrogens is 335 g/mol. The van der Waals surface area contributed by atoms with Gasteiger partial charge in [0.2, 0.25) is 11.8 Å². The first kappa shape index (κ1) is 18.8. The fraction of sp³-hybridized carbons (Fsp3) is 0.600. The minimum absolute atomic E-state index is 0.0512. The zero-order valence-electron chi connectivity index (χ0n) is 15.1. The molecule has 0 radical (unpaired) electrons. The highest BCUT2D eigenvalue weighted by atomic mass is 19.1. The van der Waals surface area contributed by atoms with E-state index < -0.39 is 0 Å². The van der Waals surface area contributed by atoms with Crippen LogP contribution in [0.15, 0.2) is 24.3 Å². The molecule has 0 saturated carbocycles. The van der Waals surface area contributed by atoms with Gasteiger partial charge in [0.15, 0.2) is 0 Å². The van der Waals surface area contributed by atoms with Gasteiger partial charge in [-0.3, -0.25) is 9.59 Å². The topological polar surface area (TPSA) is 58.6 Å². The molecule has 6 heteroatoms. The third kappa shape index (κ3) is 5.04. The predicted octanol–water partition coefficient (Wildman–Crippen LogP) is 2.95. The van der Waals surface area contributed by atoms with Crippen molar-refractivity contribution in [3.63, 3.8) is 0 Å².